The molecule has 0 radical (unpaired) electrons. The first kappa shape index (κ1) is 93.6. The predicted octanol–water partition coefficient (Wildman–Crippen LogP) is 26.6. The minimum atomic E-state index is -2.08. The highest BCUT2D eigenvalue weighted by atomic mass is 32.4. The van der Waals surface area contributed by atoms with Gasteiger partial charge in [-0.15, -0.1) is 0 Å². The molecular weight excluding hydrogens is 1310 g/mol. The summed E-state index contributed by atoms with van der Waals surface area (Å²) in [6.07, 6.45) is 6.97. The monoisotopic (exact) mass is 1430 g/mol. The Labute approximate surface area is 608 Å². The molecule has 12 aromatic rings. The van der Waals surface area contributed by atoms with Crippen LogP contribution >= 0.6 is 26.4 Å². The van der Waals surface area contributed by atoms with E-state index < -0.39 is 26.4 Å². The Hall–Kier alpha value is -6.44. The largest absolute Gasteiger partial charge is 0.319 e. The van der Waals surface area contributed by atoms with Gasteiger partial charge in [0.1, 0.15) is 14.3 Å². The molecule has 12 rings (SSSR count). The van der Waals surface area contributed by atoms with Crippen molar-refractivity contribution in [2.45, 2.75) is 138 Å². The van der Waals surface area contributed by atoms with Gasteiger partial charge in [0.15, 0.2) is 0 Å². The minimum Gasteiger partial charge on any atom is -0.319 e. The van der Waals surface area contributed by atoms with Crippen molar-refractivity contribution >= 4 is 125 Å². The number of pyridine rings is 2. The first-order valence-corrected chi connectivity index (χ1v) is 47.7. The van der Waals surface area contributed by atoms with Crippen LogP contribution in [0.15, 0.2) is 243 Å². The van der Waals surface area contributed by atoms with Crippen LogP contribution in [0, 0.1) is 41.5 Å². The molecule has 2 heterocycles. The summed E-state index contributed by atoms with van der Waals surface area (Å²) >= 11 is 10.7. The number of fused-ring (bicyclic) bond motifs is 5. The van der Waals surface area contributed by atoms with E-state index in [-0.39, 0.29) is 0 Å². The van der Waals surface area contributed by atoms with Crippen molar-refractivity contribution in [1.82, 2.24) is 9.97 Å². The van der Waals surface area contributed by atoms with Crippen LogP contribution in [0.5, 0.6) is 0 Å². The Kier molecular flexibility index (Phi) is 48.5. The molecule has 0 amide bonds. The average molecular weight is 1430 g/mol. The molecule has 0 aliphatic carbocycles. The lowest BCUT2D eigenvalue weighted by Gasteiger charge is -2.09. The lowest BCUT2D eigenvalue weighted by Crippen LogP contribution is -2.01. The van der Waals surface area contributed by atoms with Crippen LogP contribution in [-0.4, -0.2) is 63.3 Å². The fourth-order valence-corrected chi connectivity index (χ4v) is 13.3. The van der Waals surface area contributed by atoms with Crippen LogP contribution in [0.1, 0.15) is 130 Å². The fourth-order valence-electron chi connectivity index (χ4n) is 9.27. The lowest BCUT2D eigenvalue weighted by molar-refractivity contribution is 0.587. The number of nitrogens with zero attached hydrogens (tertiary/aromatic N) is 2. The maximum Gasteiger partial charge on any atom is 0.111 e. The molecule has 0 N–H and O–H groups in total. The first-order chi connectivity index (χ1) is 46.7. The number of aromatic nitrogens is 2. The average Bonchev–Trinajstić information content (AvgIpc) is 0.785. The van der Waals surface area contributed by atoms with Crippen molar-refractivity contribution in [2.75, 3.05) is 53.3 Å². The van der Waals surface area contributed by atoms with Gasteiger partial charge in [-0.25, -0.2) is 0 Å². The summed E-state index contributed by atoms with van der Waals surface area (Å²) in [6.45, 7) is 56.6. The SMILES string of the molecule is CC.CC.CC.CC.CC.CC.CC.CP(C)(=O)c1ccccc1.CP(C)(=O)c1cccnc1.CP(C)(=S)c1ccccc1.CP(C)(=S)c1cccnc1.Cc1ccc(C)c2cc3ccccc3cc12.Cc1ccc2c(C)cccc2c1.Cc1cccc2c(C)c3ccccc3cc12. The molecule has 0 bridgehead atoms. The summed E-state index contributed by atoms with van der Waals surface area (Å²) in [6, 6.07) is 73.1. The second-order valence-electron chi connectivity index (χ2n) is 22.6. The van der Waals surface area contributed by atoms with Crippen LogP contribution in [0.3, 0.4) is 0 Å². The molecule has 98 heavy (non-hydrogen) atoms. The molecular formula is C88H124N2O2P4S2. The zero-order valence-electron chi connectivity index (χ0n) is 65.4. The van der Waals surface area contributed by atoms with E-state index in [1.807, 2.05) is 170 Å². The number of hydrogen-bond donors (Lipinski definition) is 0. The highest BCUT2D eigenvalue weighted by molar-refractivity contribution is 8.18. The zero-order chi connectivity index (χ0) is 75.2. The first-order valence-electron chi connectivity index (χ1n) is 35.1. The summed E-state index contributed by atoms with van der Waals surface area (Å²) in [5.41, 5.74) is 8.13. The Morgan fingerprint density at radius 3 is 0.959 bits per heavy atom. The summed E-state index contributed by atoms with van der Waals surface area (Å²) in [5.74, 6) is 0. The summed E-state index contributed by atoms with van der Waals surface area (Å²) in [7, 11) is -4.10. The van der Waals surface area contributed by atoms with Gasteiger partial charge in [-0.3, -0.25) is 9.97 Å². The fraction of sp³-hybridized carbons (Fsp3) is 0.318. The topological polar surface area (TPSA) is 59.9 Å². The van der Waals surface area contributed by atoms with Crippen molar-refractivity contribution < 1.29 is 9.13 Å². The van der Waals surface area contributed by atoms with Gasteiger partial charge in [0.25, 0.3) is 0 Å². The van der Waals surface area contributed by atoms with Crippen molar-refractivity contribution in [2.24, 2.45) is 0 Å². The van der Waals surface area contributed by atoms with Gasteiger partial charge < -0.3 is 9.13 Å². The molecule has 0 unspecified atom stereocenters. The molecule has 0 aliphatic heterocycles. The minimum absolute atomic E-state index is 0.843. The van der Waals surface area contributed by atoms with Crippen LogP contribution in [0.25, 0.3) is 53.9 Å². The number of aryl methyl sites for hydroxylation is 6. The van der Waals surface area contributed by atoms with Crippen molar-refractivity contribution in [3.8, 4) is 0 Å². The molecule has 0 spiro atoms. The van der Waals surface area contributed by atoms with Crippen LogP contribution in [0.2, 0.25) is 0 Å². The molecule has 0 saturated heterocycles. The quantitative estimate of drug-likeness (QED) is 0.129. The molecule has 0 aliphatic rings. The van der Waals surface area contributed by atoms with Gasteiger partial charge in [-0.05, 0) is 230 Å². The molecule has 0 saturated carbocycles. The third kappa shape index (κ3) is 33.2. The lowest BCUT2D eigenvalue weighted by atomic mass is 9.95. The van der Waals surface area contributed by atoms with Crippen LogP contribution < -0.4 is 21.2 Å². The molecule has 530 valence electrons. The normalized spacial score (nSPS) is 10.0. The van der Waals surface area contributed by atoms with E-state index in [2.05, 4.69) is 224 Å². The number of rotatable bonds is 4. The highest BCUT2D eigenvalue weighted by Crippen LogP contribution is 2.37. The zero-order valence-corrected chi connectivity index (χ0v) is 70.6. The maximum atomic E-state index is 11.4. The van der Waals surface area contributed by atoms with Gasteiger partial charge in [0, 0.05) is 40.7 Å². The molecule has 0 atom stereocenters. The standard InChI is InChI=1S/2C16H14.C12H12.C8H11OP.C8H11PS.C7H10NOP.C7H10NPS.7C2H6/c1-11-6-5-9-15-12(2)14-8-4-3-7-13(14)10-16(11)15;1-11-7-8-12(2)16-10-14-6-4-3-5-13(14)9-15(11)16;1-9-6-7-12-10(2)4-3-5-11(12)8-9;1-10(2,9)8-6-4-3-5-7-8;1-9(2,10)8-6-4-3-5-7-8;1-10(2,9)7-4-3-5-8-6-7;1-9(2,10)7-4-3-5-8-6-7;7*1-2/h2*3-10H,1-2H3;3-8H,1-2H3;2*3-7H,1-2H3;2*3-6H,1-2H3;7*1-2H3. The van der Waals surface area contributed by atoms with E-state index in [4.69, 9.17) is 23.6 Å². The van der Waals surface area contributed by atoms with E-state index in [1.165, 1.54) is 97.9 Å². The summed E-state index contributed by atoms with van der Waals surface area (Å²) in [5, 5.41) is 17.9. The molecule has 0 fully saturated rings. The Morgan fingerprint density at radius 2 is 0.582 bits per heavy atom. The summed E-state index contributed by atoms with van der Waals surface area (Å²) < 4.78 is 22.8. The van der Waals surface area contributed by atoms with Crippen molar-refractivity contribution in [3.05, 3.63) is 277 Å². The van der Waals surface area contributed by atoms with Gasteiger partial charge in [0.2, 0.25) is 0 Å². The molecule has 10 heteroatoms. The van der Waals surface area contributed by atoms with E-state index >= 15 is 0 Å². The van der Waals surface area contributed by atoms with Crippen molar-refractivity contribution in [1.29, 1.82) is 0 Å². The smallest absolute Gasteiger partial charge is 0.111 e. The Morgan fingerprint density at radius 1 is 0.265 bits per heavy atom. The summed E-state index contributed by atoms with van der Waals surface area (Å²) in [4.78, 5) is 7.89. The second kappa shape index (κ2) is 50.8. The third-order valence-electron chi connectivity index (χ3n) is 14.3. The Bertz CT molecular complexity index is 3990. The van der Waals surface area contributed by atoms with Crippen LogP contribution in [0.4, 0.5) is 0 Å². The van der Waals surface area contributed by atoms with Gasteiger partial charge in [0.05, 0.1) is 0 Å². The second-order valence-corrected chi connectivity index (χ2v) is 41.0. The maximum absolute atomic E-state index is 11.4. The van der Waals surface area contributed by atoms with Gasteiger partial charge in [-0.1, -0.05) is 308 Å². The number of hydrogen-bond acceptors (Lipinski definition) is 6. The van der Waals surface area contributed by atoms with Crippen LogP contribution in [-0.2, 0) is 32.7 Å². The number of benzene rings is 10. The van der Waals surface area contributed by atoms with Gasteiger partial charge in [-0.2, -0.15) is 0 Å². The van der Waals surface area contributed by atoms with Crippen molar-refractivity contribution in [3.63, 3.8) is 0 Å². The van der Waals surface area contributed by atoms with Gasteiger partial charge >= 0.3 is 0 Å². The van der Waals surface area contributed by atoms with E-state index in [1.54, 1.807) is 51.3 Å². The molecule has 2 aromatic heterocycles. The predicted molar refractivity (Wildman–Crippen MR) is 466 cm³/mol. The molecule has 10 aromatic carbocycles. The third-order valence-corrected chi connectivity index (χ3v) is 21.6. The highest BCUT2D eigenvalue weighted by Gasteiger charge is 2.11. The van der Waals surface area contributed by atoms with E-state index in [9.17, 15) is 9.13 Å². The van der Waals surface area contributed by atoms with E-state index in [0.717, 1.165) is 10.6 Å². The molecule has 4 nitrogen and oxygen atoms in total. The van der Waals surface area contributed by atoms with E-state index in [0.29, 0.717) is 0 Å². The Balaban J connectivity index is 0.